The molecule has 2 amide bonds. The molecule has 0 saturated carbocycles. The van der Waals surface area contributed by atoms with Gasteiger partial charge in [0.1, 0.15) is 30.5 Å². The number of aliphatic hydroxyl groups excluding tert-OH is 3. The number of pyridine rings is 1. The van der Waals surface area contributed by atoms with Crippen molar-refractivity contribution < 1.29 is 39.2 Å². The highest BCUT2D eigenvalue weighted by molar-refractivity contribution is 5.90. The van der Waals surface area contributed by atoms with Gasteiger partial charge in [0.15, 0.2) is 6.10 Å². The lowest BCUT2D eigenvalue weighted by molar-refractivity contribution is -0.152. The number of nitrogens with zero attached hydrogens (tertiary/aromatic N) is 2. The highest BCUT2D eigenvalue weighted by Crippen LogP contribution is 2.20. The van der Waals surface area contributed by atoms with E-state index in [1.54, 1.807) is 25.4 Å². The van der Waals surface area contributed by atoms with Crippen LogP contribution in [0, 0.1) is 0 Å². The van der Waals surface area contributed by atoms with Crippen molar-refractivity contribution in [3.05, 3.63) is 54.4 Å². The van der Waals surface area contributed by atoms with E-state index in [9.17, 15) is 29.7 Å². The minimum absolute atomic E-state index is 0.153. The van der Waals surface area contributed by atoms with Gasteiger partial charge in [0.2, 0.25) is 5.91 Å². The molecule has 1 aromatic heterocycles. The molecule has 0 unspecified atom stereocenters. The molecular weight excluding hydrogens is 614 g/mol. The summed E-state index contributed by atoms with van der Waals surface area (Å²) < 4.78 is 11.0. The molecule has 4 N–H and O–H groups in total. The highest BCUT2D eigenvalue weighted by Gasteiger charge is 2.39. The Morgan fingerprint density at radius 1 is 1.04 bits per heavy atom. The number of hydrogen-bond acceptors (Lipinski definition) is 9. The van der Waals surface area contributed by atoms with Crippen LogP contribution >= 0.6 is 0 Å². The summed E-state index contributed by atoms with van der Waals surface area (Å²) in [4.78, 5) is 45.4. The monoisotopic (exact) mass is 673 g/mol. The summed E-state index contributed by atoms with van der Waals surface area (Å²) >= 11 is 0. The smallest absolute Gasteiger partial charge is 0.306 e. The first-order valence-corrected chi connectivity index (χ1v) is 17.7. The van der Waals surface area contributed by atoms with Gasteiger partial charge in [0.25, 0.3) is 5.91 Å². The second-order valence-corrected chi connectivity index (χ2v) is 12.9. The van der Waals surface area contributed by atoms with Crippen molar-refractivity contribution >= 4 is 17.8 Å². The highest BCUT2D eigenvalue weighted by atomic mass is 16.5. The number of allylic oxidation sites excluding steroid dienone is 2. The van der Waals surface area contributed by atoms with Crippen LogP contribution in [0.4, 0.5) is 0 Å². The molecule has 1 aliphatic rings. The van der Waals surface area contributed by atoms with Gasteiger partial charge in [0, 0.05) is 32.5 Å². The van der Waals surface area contributed by atoms with Gasteiger partial charge in [0.05, 0.1) is 6.54 Å². The second-order valence-electron chi connectivity index (χ2n) is 12.9. The zero-order valence-corrected chi connectivity index (χ0v) is 29.2. The fraction of sp³-hybridized carbons (Fsp3) is 0.676. The SMILES string of the molecule is C=C(C)/C=C/[C@@H](O)[C@H](O)[C@@H](O)[C@@H](OC)C(=O)N[C@H]1CC[C@@H](OC(=O)CCCCCCCCCCCCC)CN(Cc2cccnc2)C1=O. The van der Waals surface area contributed by atoms with Crippen LogP contribution in [0.5, 0.6) is 0 Å². The second kappa shape index (κ2) is 23.3. The van der Waals surface area contributed by atoms with Crippen molar-refractivity contribution in [2.45, 2.75) is 147 Å². The number of likely N-dealkylation sites (tertiary alicyclic amines) is 1. The topological polar surface area (TPSA) is 159 Å². The van der Waals surface area contributed by atoms with Crippen molar-refractivity contribution in [1.29, 1.82) is 0 Å². The van der Waals surface area contributed by atoms with Crippen molar-refractivity contribution in [3.8, 4) is 0 Å². The normalized spacial score (nSPS) is 19.4. The third kappa shape index (κ3) is 15.4. The fourth-order valence-corrected chi connectivity index (χ4v) is 5.80. The van der Waals surface area contributed by atoms with E-state index in [1.807, 2.05) is 6.07 Å². The predicted octanol–water partition coefficient (Wildman–Crippen LogP) is 4.53. The van der Waals surface area contributed by atoms with E-state index in [0.717, 1.165) is 24.8 Å². The summed E-state index contributed by atoms with van der Waals surface area (Å²) in [5, 5.41) is 34.1. The molecule has 1 aromatic rings. The molecule has 11 heteroatoms. The van der Waals surface area contributed by atoms with Crippen molar-refractivity contribution in [3.63, 3.8) is 0 Å². The first kappa shape index (κ1) is 41.1. The van der Waals surface area contributed by atoms with Gasteiger partial charge in [-0.1, -0.05) is 102 Å². The van der Waals surface area contributed by atoms with Gasteiger partial charge in [-0.25, -0.2) is 0 Å². The maximum atomic E-state index is 13.7. The number of hydrogen-bond donors (Lipinski definition) is 4. The van der Waals surface area contributed by atoms with Gasteiger partial charge in [-0.2, -0.15) is 0 Å². The molecule has 0 bridgehead atoms. The Bertz CT molecular complexity index is 1130. The average Bonchev–Trinajstić information content (AvgIpc) is 3.20. The number of aliphatic hydroxyl groups is 3. The molecule has 11 nitrogen and oxygen atoms in total. The summed E-state index contributed by atoms with van der Waals surface area (Å²) in [5.41, 5.74) is 1.39. The van der Waals surface area contributed by atoms with Crippen LogP contribution in [0.2, 0.25) is 0 Å². The Morgan fingerprint density at radius 3 is 2.27 bits per heavy atom. The number of esters is 1. The van der Waals surface area contributed by atoms with E-state index in [4.69, 9.17) is 9.47 Å². The van der Waals surface area contributed by atoms with E-state index in [1.165, 1.54) is 75.5 Å². The molecular formula is C37H59N3O8. The number of ether oxygens (including phenoxy) is 2. The molecule has 1 saturated heterocycles. The van der Waals surface area contributed by atoms with E-state index in [2.05, 4.69) is 23.8 Å². The van der Waals surface area contributed by atoms with Crippen LogP contribution in [0.25, 0.3) is 0 Å². The maximum absolute atomic E-state index is 13.7. The fourth-order valence-electron chi connectivity index (χ4n) is 5.80. The molecule has 0 spiro atoms. The Balaban J connectivity index is 1.96. The first-order valence-electron chi connectivity index (χ1n) is 17.7. The van der Waals surface area contributed by atoms with Crippen molar-refractivity contribution in [2.24, 2.45) is 0 Å². The molecule has 6 atom stereocenters. The lowest BCUT2D eigenvalue weighted by Crippen LogP contribution is -2.55. The predicted molar refractivity (Wildman–Crippen MR) is 185 cm³/mol. The Hall–Kier alpha value is -3.12. The van der Waals surface area contributed by atoms with E-state index >= 15 is 0 Å². The molecule has 0 radical (unpaired) electrons. The number of rotatable bonds is 23. The van der Waals surface area contributed by atoms with Crippen LogP contribution in [0.15, 0.2) is 48.8 Å². The summed E-state index contributed by atoms with van der Waals surface area (Å²) in [6, 6.07) is 2.59. The number of amides is 2. The average molecular weight is 674 g/mol. The summed E-state index contributed by atoms with van der Waals surface area (Å²) in [6.07, 6.45) is 12.7. The van der Waals surface area contributed by atoms with Crippen molar-refractivity contribution in [2.75, 3.05) is 13.7 Å². The molecule has 0 aromatic carbocycles. The van der Waals surface area contributed by atoms with Gasteiger partial charge in [-0.05, 0) is 37.8 Å². The van der Waals surface area contributed by atoms with Crippen LogP contribution in [0.3, 0.4) is 0 Å². The zero-order chi connectivity index (χ0) is 35.3. The Labute approximate surface area is 286 Å². The summed E-state index contributed by atoms with van der Waals surface area (Å²) in [6.45, 7) is 7.96. The minimum Gasteiger partial charge on any atom is -0.460 e. The number of carbonyl (C=O) groups excluding carboxylic acids is 3. The third-order valence-electron chi connectivity index (χ3n) is 8.61. The van der Waals surface area contributed by atoms with Crippen LogP contribution in [-0.4, -0.2) is 93.2 Å². The van der Waals surface area contributed by atoms with E-state index < -0.39 is 42.5 Å². The van der Waals surface area contributed by atoms with Gasteiger partial charge in [-0.3, -0.25) is 19.4 Å². The summed E-state index contributed by atoms with van der Waals surface area (Å²) in [5.74, 6) is -1.51. The van der Waals surface area contributed by atoms with Crippen molar-refractivity contribution in [1.82, 2.24) is 15.2 Å². The maximum Gasteiger partial charge on any atom is 0.306 e. The number of nitrogens with one attached hydrogen (secondary N) is 1. The quantitative estimate of drug-likeness (QED) is 0.0744. The minimum atomic E-state index is -1.79. The Morgan fingerprint density at radius 2 is 1.69 bits per heavy atom. The zero-order valence-electron chi connectivity index (χ0n) is 29.2. The first-order chi connectivity index (χ1) is 23.1. The molecule has 2 heterocycles. The van der Waals surface area contributed by atoms with Gasteiger partial charge >= 0.3 is 5.97 Å². The van der Waals surface area contributed by atoms with Crippen LogP contribution < -0.4 is 5.32 Å². The molecule has 1 aliphatic heterocycles. The third-order valence-corrected chi connectivity index (χ3v) is 8.61. The lowest BCUT2D eigenvalue weighted by Gasteiger charge is -2.29. The Kier molecular flexibility index (Phi) is 19.9. The van der Waals surface area contributed by atoms with E-state index in [0.29, 0.717) is 18.4 Å². The largest absolute Gasteiger partial charge is 0.460 e. The molecule has 1 fully saturated rings. The molecule has 270 valence electrons. The van der Waals surface area contributed by atoms with Gasteiger partial charge in [-0.15, -0.1) is 0 Å². The summed E-state index contributed by atoms with van der Waals surface area (Å²) in [7, 11) is 1.19. The molecule has 2 rings (SSSR count). The number of unbranched alkanes of at least 4 members (excludes halogenated alkanes) is 10. The molecule has 48 heavy (non-hydrogen) atoms. The number of methoxy groups -OCH3 is 1. The van der Waals surface area contributed by atoms with E-state index in [-0.39, 0.29) is 31.4 Å². The standard InChI is InChI=1S/C37H59N3O8/c1-5-6-7-8-9-10-11-12-13-14-15-18-32(42)48-29-20-21-30(37(46)40(26-29)25-28-17-16-23-38-24-28)39-36(45)35(47-4)34(44)33(43)31(41)22-19-27(2)3/h16-17,19,22-24,29-31,33-35,41,43-44H,2,5-15,18,20-21,25-26H2,1,3-4H3,(H,39,45)/b22-19+/t29-,30+,31-,33+,34-,35-/m1/s1. The van der Waals surface area contributed by atoms with Gasteiger partial charge < -0.3 is 35.0 Å². The molecule has 0 aliphatic carbocycles. The van der Waals surface area contributed by atoms with Crippen LogP contribution in [0.1, 0.15) is 109 Å². The number of aromatic nitrogens is 1. The number of carbonyl (C=O) groups is 3. The lowest BCUT2D eigenvalue weighted by atomic mass is 10.0. The van der Waals surface area contributed by atoms with Crippen LogP contribution in [-0.2, 0) is 30.4 Å².